The van der Waals surface area contributed by atoms with Gasteiger partial charge in [-0.25, -0.2) is 18.4 Å². The molecule has 1 N–H and O–H groups in total. The maximum absolute atomic E-state index is 12.3. The Hall–Kier alpha value is -1.39. The van der Waals surface area contributed by atoms with Crippen LogP contribution in [0.3, 0.4) is 0 Å². The van der Waals surface area contributed by atoms with Gasteiger partial charge in [0, 0.05) is 0 Å². The molecule has 0 spiro atoms. The monoisotopic (exact) mass is 343 g/mol. The summed E-state index contributed by atoms with van der Waals surface area (Å²) in [4.78, 5) is 6.71. The van der Waals surface area contributed by atoms with Crippen LogP contribution in [0, 0.1) is 0 Å². The molecule has 2 aromatic heterocycles. The Morgan fingerprint density at radius 3 is 2.35 bits per heavy atom. The van der Waals surface area contributed by atoms with Crippen molar-refractivity contribution in [2.75, 3.05) is 4.72 Å². The molecule has 0 radical (unpaired) electrons. The molecule has 0 amide bonds. The van der Waals surface area contributed by atoms with E-state index in [0.29, 0.717) is 6.07 Å². The maximum atomic E-state index is 12.3. The zero-order valence-electron chi connectivity index (χ0n) is 9.35. The number of hydrogen-bond donors (Lipinski definition) is 1. The van der Waals surface area contributed by atoms with Crippen LogP contribution in [0.1, 0.15) is 5.69 Å². The highest BCUT2D eigenvalue weighted by atomic mass is 35.5. The molecule has 0 aliphatic heterocycles. The molecule has 0 saturated heterocycles. The molecule has 2 rings (SSSR count). The van der Waals surface area contributed by atoms with E-state index in [4.69, 9.17) is 11.6 Å². The van der Waals surface area contributed by atoms with Gasteiger partial charge in [-0.1, -0.05) is 22.9 Å². The van der Waals surface area contributed by atoms with Gasteiger partial charge in [-0.2, -0.15) is 13.2 Å². The second-order valence-electron chi connectivity index (χ2n) is 3.47. The largest absolute Gasteiger partial charge is 0.433 e. The van der Waals surface area contributed by atoms with E-state index in [1.54, 1.807) is 0 Å². The fourth-order valence-corrected chi connectivity index (χ4v) is 3.53. The molecular weight excluding hydrogens is 339 g/mol. The smallest absolute Gasteiger partial charge is 0.277 e. The van der Waals surface area contributed by atoms with Gasteiger partial charge in [0.25, 0.3) is 10.0 Å². The molecule has 0 bridgehead atoms. The fourth-order valence-electron chi connectivity index (χ4n) is 1.19. The fraction of sp³-hybridized carbons (Fsp3) is 0.111. The first-order valence-corrected chi connectivity index (χ1v) is 7.54. The van der Waals surface area contributed by atoms with Crippen LogP contribution in [0.15, 0.2) is 28.7 Å². The van der Waals surface area contributed by atoms with Gasteiger partial charge >= 0.3 is 6.18 Å². The molecule has 0 atom stereocenters. The summed E-state index contributed by atoms with van der Waals surface area (Å²) >= 11 is 6.24. The van der Waals surface area contributed by atoms with Gasteiger partial charge in [0.15, 0.2) is 8.68 Å². The first kappa shape index (κ1) is 15.0. The lowest BCUT2D eigenvalue weighted by Crippen LogP contribution is -2.13. The van der Waals surface area contributed by atoms with Crippen molar-refractivity contribution in [2.45, 2.75) is 10.4 Å². The normalized spacial score (nSPS) is 12.4. The van der Waals surface area contributed by atoms with Crippen molar-refractivity contribution in [3.63, 3.8) is 0 Å². The number of anilines is 1. The SMILES string of the molecule is O=S(=O)(Nc1ccc(C(F)(F)F)nc1)c1cnc(Cl)s1. The van der Waals surface area contributed by atoms with Gasteiger partial charge in [-0.05, 0) is 12.1 Å². The summed E-state index contributed by atoms with van der Waals surface area (Å²) in [6.45, 7) is 0. The predicted molar refractivity (Wildman–Crippen MR) is 67.2 cm³/mol. The van der Waals surface area contributed by atoms with E-state index in [9.17, 15) is 21.6 Å². The minimum absolute atomic E-state index is 0.0379. The molecule has 0 unspecified atom stereocenters. The van der Waals surface area contributed by atoms with E-state index >= 15 is 0 Å². The average molecular weight is 344 g/mol. The maximum Gasteiger partial charge on any atom is 0.433 e. The van der Waals surface area contributed by atoms with Crippen molar-refractivity contribution in [2.24, 2.45) is 0 Å². The van der Waals surface area contributed by atoms with E-state index in [2.05, 4.69) is 14.7 Å². The first-order chi connectivity index (χ1) is 9.18. The number of hydrogen-bond acceptors (Lipinski definition) is 5. The van der Waals surface area contributed by atoms with Crippen LogP contribution in [-0.2, 0) is 16.2 Å². The van der Waals surface area contributed by atoms with Crippen molar-refractivity contribution in [1.82, 2.24) is 9.97 Å². The van der Waals surface area contributed by atoms with Crippen molar-refractivity contribution < 1.29 is 21.6 Å². The molecule has 0 aromatic carbocycles. The second-order valence-corrected chi connectivity index (χ2v) is 6.99. The van der Waals surface area contributed by atoms with E-state index in [1.807, 2.05) is 0 Å². The highest BCUT2D eigenvalue weighted by molar-refractivity contribution is 7.94. The molecule has 0 aliphatic rings. The van der Waals surface area contributed by atoms with Crippen LogP contribution in [0.2, 0.25) is 4.47 Å². The molecule has 5 nitrogen and oxygen atoms in total. The topological polar surface area (TPSA) is 72.0 Å². The number of nitrogens with zero attached hydrogens (tertiary/aromatic N) is 2. The molecule has 108 valence electrons. The van der Waals surface area contributed by atoms with Gasteiger partial charge in [0.2, 0.25) is 0 Å². The summed E-state index contributed by atoms with van der Waals surface area (Å²) in [6, 6.07) is 1.65. The number of nitrogens with one attached hydrogen (secondary N) is 1. The molecule has 0 saturated carbocycles. The molecular formula is C9H5ClF3N3O2S2. The van der Waals surface area contributed by atoms with Gasteiger partial charge in [0.05, 0.1) is 18.1 Å². The third-order valence-electron chi connectivity index (χ3n) is 2.03. The molecule has 11 heteroatoms. The van der Waals surface area contributed by atoms with Gasteiger partial charge in [-0.15, -0.1) is 0 Å². The van der Waals surface area contributed by atoms with Gasteiger partial charge < -0.3 is 0 Å². The van der Waals surface area contributed by atoms with E-state index in [-0.39, 0.29) is 14.4 Å². The molecule has 20 heavy (non-hydrogen) atoms. The standard InChI is InChI=1S/C9H5ClF3N3O2S2/c10-8-15-4-7(19-8)20(17,18)16-5-1-2-6(14-3-5)9(11,12)13/h1-4,16H. The highest BCUT2D eigenvalue weighted by Gasteiger charge is 2.32. The number of sulfonamides is 1. The molecule has 2 heterocycles. The lowest BCUT2D eigenvalue weighted by Gasteiger charge is -2.08. The zero-order valence-corrected chi connectivity index (χ0v) is 11.7. The summed E-state index contributed by atoms with van der Waals surface area (Å²) < 4.78 is 62.6. The van der Waals surface area contributed by atoms with Crippen LogP contribution in [0.25, 0.3) is 0 Å². The number of alkyl halides is 3. The van der Waals surface area contributed by atoms with Gasteiger partial charge in [0.1, 0.15) is 5.69 Å². The lowest BCUT2D eigenvalue weighted by atomic mass is 10.3. The summed E-state index contributed by atoms with van der Waals surface area (Å²) in [5, 5.41) is 0. The third-order valence-corrected chi connectivity index (χ3v) is 4.98. The quantitative estimate of drug-likeness (QED) is 0.929. The van der Waals surface area contributed by atoms with Crippen LogP contribution in [0.5, 0.6) is 0 Å². The zero-order chi connectivity index (χ0) is 15.0. The Morgan fingerprint density at radius 1 is 1.20 bits per heavy atom. The molecule has 0 fully saturated rings. The summed E-state index contributed by atoms with van der Waals surface area (Å²) in [7, 11) is -3.94. The number of thiazole rings is 1. The van der Waals surface area contributed by atoms with Crippen LogP contribution < -0.4 is 4.72 Å². The summed E-state index contributed by atoms with van der Waals surface area (Å²) in [5.74, 6) is 0. The van der Waals surface area contributed by atoms with Crippen LogP contribution in [-0.4, -0.2) is 18.4 Å². The predicted octanol–water partition coefficient (Wildman–Crippen LogP) is 3.01. The number of rotatable bonds is 3. The van der Waals surface area contributed by atoms with Crippen LogP contribution in [0.4, 0.5) is 18.9 Å². The molecule has 2 aromatic rings. The Balaban J connectivity index is 2.22. The van der Waals surface area contributed by atoms with E-state index < -0.39 is 21.9 Å². The Labute approximate surface area is 120 Å². The van der Waals surface area contributed by atoms with Crippen LogP contribution >= 0.6 is 22.9 Å². The number of pyridine rings is 1. The highest BCUT2D eigenvalue weighted by Crippen LogP contribution is 2.29. The van der Waals surface area contributed by atoms with E-state index in [1.165, 1.54) is 0 Å². The minimum atomic E-state index is -4.58. The summed E-state index contributed by atoms with van der Waals surface area (Å²) in [5.41, 5.74) is -1.20. The third kappa shape index (κ3) is 3.38. The van der Waals surface area contributed by atoms with Crippen molar-refractivity contribution >= 4 is 38.6 Å². The first-order valence-electron chi connectivity index (χ1n) is 4.86. The summed E-state index contributed by atoms with van der Waals surface area (Å²) in [6.07, 6.45) is -2.75. The van der Waals surface area contributed by atoms with Gasteiger partial charge in [-0.3, -0.25) is 4.72 Å². The number of halogens is 4. The minimum Gasteiger partial charge on any atom is -0.277 e. The van der Waals surface area contributed by atoms with Crippen molar-refractivity contribution in [3.8, 4) is 0 Å². The van der Waals surface area contributed by atoms with Crippen molar-refractivity contribution in [1.29, 1.82) is 0 Å². The average Bonchev–Trinajstić information content (AvgIpc) is 2.76. The van der Waals surface area contributed by atoms with E-state index in [0.717, 1.165) is 29.8 Å². The van der Waals surface area contributed by atoms with Crippen molar-refractivity contribution in [3.05, 3.63) is 34.7 Å². The number of aromatic nitrogens is 2. The Bertz CT molecular complexity index is 713. The molecule has 0 aliphatic carbocycles. The Morgan fingerprint density at radius 2 is 1.90 bits per heavy atom. The second kappa shape index (κ2) is 5.19. The lowest BCUT2D eigenvalue weighted by molar-refractivity contribution is -0.141. The Kier molecular flexibility index (Phi) is 3.89.